The van der Waals surface area contributed by atoms with E-state index in [0.717, 1.165) is 31.7 Å². The largest absolute Gasteiger partial charge is 0.494 e. The number of halogens is 1. The molecule has 0 spiro atoms. The highest BCUT2D eigenvalue weighted by molar-refractivity contribution is 7.91. The van der Waals surface area contributed by atoms with E-state index >= 15 is 0 Å². The maximum atomic E-state index is 13.4. The monoisotopic (exact) mass is 460 g/mol. The van der Waals surface area contributed by atoms with Gasteiger partial charge in [-0.1, -0.05) is 18.5 Å². The van der Waals surface area contributed by atoms with Gasteiger partial charge in [-0.15, -0.1) is 0 Å². The van der Waals surface area contributed by atoms with Crippen molar-refractivity contribution in [1.29, 1.82) is 0 Å². The van der Waals surface area contributed by atoms with E-state index in [4.69, 9.17) is 20.8 Å². The first-order valence-corrected chi connectivity index (χ1v) is 12.2. The number of nitrogens with zero attached hydrogens (tertiary/aromatic N) is 2. The maximum absolute atomic E-state index is 13.4. The minimum Gasteiger partial charge on any atom is -0.494 e. The summed E-state index contributed by atoms with van der Waals surface area (Å²) in [6, 6.07) is 13.4. The van der Waals surface area contributed by atoms with E-state index in [0.29, 0.717) is 29.0 Å². The second-order valence-electron chi connectivity index (χ2n) is 7.71. The summed E-state index contributed by atoms with van der Waals surface area (Å²) in [6.07, 6.45) is 1.94. The Balaban J connectivity index is 1.77. The summed E-state index contributed by atoms with van der Waals surface area (Å²) in [4.78, 5) is 6.57. The van der Waals surface area contributed by atoms with Gasteiger partial charge in [-0.25, -0.2) is 8.42 Å². The molecule has 1 aromatic heterocycles. The third-order valence-electron chi connectivity index (χ3n) is 5.44. The van der Waals surface area contributed by atoms with Crippen molar-refractivity contribution in [3.05, 3.63) is 53.6 Å². The highest BCUT2D eigenvalue weighted by Crippen LogP contribution is 2.37. The van der Waals surface area contributed by atoms with Gasteiger partial charge in [0.1, 0.15) is 5.75 Å². The number of anilines is 1. The van der Waals surface area contributed by atoms with E-state index < -0.39 is 9.84 Å². The summed E-state index contributed by atoms with van der Waals surface area (Å²) in [5, 5.41) is 0.410. The van der Waals surface area contributed by atoms with Crippen molar-refractivity contribution >= 4 is 27.3 Å². The van der Waals surface area contributed by atoms with Crippen LogP contribution in [0.4, 0.5) is 5.88 Å². The number of sulfone groups is 1. The van der Waals surface area contributed by atoms with E-state index in [-0.39, 0.29) is 15.8 Å². The molecule has 0 aliphatic carbocycles. The van der Waals surface area contributed by atoms with Gasteiger partial charge in [-0.3, -0.25) is 0 Å². The Kier molecular flexibility index (Phi) is 6.25. The normalized spacial score (nSPS) is 15.3. The summed E-state index contributed by atoms with van der Waals surface area (Å²) in [6.45, 7) is 6.14. The molecule has 0 radical (unpaired) electrons. The molecule has 2 aromatic carbocycles. The van der Waals surface area contributed by atoms with Crippen LogP contribution in [-0.4, -0.2) is 33.1 Å². The molecule has 1 aliphatic rings. The molecule has 0 N–H and O–H groups in total. The van der Waals surface area contributed by atoms with Gasteiger partial charge < -0.3 is 14.1 Å². The van der Waals surface area contributed by atoms with Crippen LogP contribution in [0.2, 0.25) is 5.02 Å². The molecule has 0 amide bonds. The van der Waals surface area contributed by atoms with Gasteiger partial charge in [0.15, 0.2) is 0 Å². The van der Waals surface area contributed by atoms with E-state index in [1.54, 1.807) is 12.1 Å². The van der Waals surface area contributed by atoms with Crippen LogP contribution < -0.4 is 9.64 Å². The van der Waals surface area contributed by atoms with Gasteiger partial charge in [-0.2, -0.15) is 4.98 Å². The van der Waals surface area contributed by atoms with Crippen LogP contribution in [0.5, 0.6) is 5.75 Å². The topological polar surface area (TPSA) is 72.6 Å². The molecule has 1 saturated heterocycles. The molecule has 31 heavy (non-hydrogen) atoms. The number of hydrogen-bond donors (Lipinski definition) is 0. The quantitative estimate of drug-likeness (QED) is 0.486. The van der Waals surface area contributed by atoms with Crippen molar-refractivity contribution in [3.63, 3.8) is 0 Å². The molecule has 1 aliphatic heterocycles. The average molecular weight is 461 g/mol. The lowest BCUT2D eigenvalue weighted by molar-refractivity contribution is 0.340. The molecule has 1 fully saturated rings. The van der Waals surface area contributed by atoms with Crippen LogP contribution in [-0.2, 0) is 9.84 Å². The second-order valence-corrected chi connectivity index (χ2v) is 10.0. The molecule has 4 rings (SSSR count). The fraction of sp³-hybridized carbons (Fsp3) is 0.348. The van der Waals surface area contributed by atoms with Crippen LogP contribution in [0.25, 0.3) is 11.5 Å². The third-order valence-corrected chi connectivity index (χ3v) is 7.36. The Hall–Kier alpha value is -2.51. The Morgan fingerprint density at radius 1 is 1.10 bits per heavy atom. The minimum atomic E-state index is -3.88. The molecule has 0 bridgehead atoms. The predicted molar refractivity (Wildman–Crippen MR) is 121 cm³/mol. The predicted octanol–water partition coefficient (Wildman–Crippen LogP) is 5.46. The number of rotatable bonds is 6. The van der Waals surface area contributed by atoms with Gasteiger partial charge in [0.25, 0.3) is 0 Å². The van der Waals surface area contributed by atoms with E-state index in [2.05, 4.69) is 11.9 Å². The van der Waals surface area contributed by atoms with Crippen molar-refractivity contribution in [2.45, 2.75) is 36.6 Å². The Morgan fingerprint density at radius 3 is 2.35 bits per heavy atom. The lowest BCUT2D eigenvalue weighted by atomic mass is 9.99. The van der Waals surface area contributed by atoms with Crippen molar-refractivity contribution < 1.29 is 17.6 Å². The highest BCUT2D eigenvalue weighted by Gasteiger charge is 2.32. The molecular weight excluding hydrogens is 436 g/mol. The Bertz CT molecular complexity index is 1130. The summed E-state index contributed by atoms with van der Waals surface area (Å²) >= 11 is 5.95. The van der Waals surface area contributed by atoms with Crippen LogP contribution in [0.1, 0.15) is 26.7 Å². The number of oxazole rings is 1. The number of piperidine rings is 1. The van der Waals surface area contributed by atoms with Gasteiger partial charge >= 0.3 is 0 Å². The summed E-state index contributed by atoms with van der Waals surface area (Å²) in [5.74, 6) is 1.90. The first-order chi connectivity index (χ1) is 14.9. The van der Waals surface area contributed by atoms with Gasteiger partial charge in [0.05, 0.1) is 11.5 Å². The van der Waals surface area contributed by atoms with Crippen molar-refractivity contribution in [3.8, 4) is 17.2 Å². The van der Waals surface area contributed by atoms with Crippen LogP contribution >= 0.6 is 11.6 Å². The smallest absolute Gasteiger partial charge is 0.236 e. The highest BCUT2D eigenvalue weighted by atomic mass is 35.5. The van der Waals surface area contributed by atoms with Crippen LogP contribution in [0.15, 0.2) is 62.9 Å². The lowest BCUT2D eigenvalue weighted by Gasteiger charge is -2.30. The van der Waals surface area contributed by atoms with Crippen LogP contribution in [0, 0.1) is 5.92 Å². The fourth-order valence-electron chi connectivity index (χ4n) is 3.59. The third kappa shape index (κ3) is 4.57. The van der Waals surface area contributed by atoms with Gasteiger partial charge in [0, 0.05) is 23.7 Å². The molecule has 0 unspecified atom stereocenters. The zero-order valence-corrected chi connectivity index (χ0v) is 19.1. The van der Waals surface area contributed by atoms with E-state index in [9.17, 15) is 8.42 Å². The SMILES string of the molecule is CCOc1ccc(-c2nc(S(=O)(=O)c3ccc(Cl)cc3)c(N3CCC(C)CC3)o2)cc1. The second kappa shape index (κ2) is 8.93. The molecule has 0 saturated carbocycles. The van der Waals surface area contributed by atoms with Crippen LogP contribution in [0.3, 0.4) is 0 Å². The van der Waals surface area contributed by atoms with E-state index in [1.807, 2.05) is 36.1 Å². The Labute approximate surface area is 187 Å². The van der Waals surface area contributed by atoms with Gasteiger partial charge in [0.2, 0.25) is 26.6 Å². The molecule has 6 nitrogen and oxygen atoms in total. The standard InChI is InChI=1S/C23H25ClN2O4S/c1-3-29-19-8-4-17(5-9-19)21-25-22(23(30-21)26-14-12-16(2)13-15-26)31(27,28)20-10-6-18(24)7-11-20/h4-11,16H,3,12-15H2,1-2H3. The van der Waals surface area contributed by atoms with Gasteiger partial charge in [-0.05, 0) is 74.2 Å². The summed E-state index contributed by atoms with van der Waals surface area (Å²) in [7, 11) is -3.88. The number of hydrogen-bond acceptors (Lipinski definition) is 6. The first-order valence-electron chi connectivity index (χ1n) is 10.4. The average Bonchev–Trinajstić information content (AvgIpc) is 3.22. The molecule has 164 valence electrons. The fourth-order valence-corrected chi connectivity index (χ4v) is 5.04. The van der Waals surface area contributed by atoms with Crippen molar-refractivity contribution in [1.82, 2.24) is 4.98 Å². The number of aromatic nitrogens is 1. The molecular formula is C23H25ClN2O4S. The number of ether oxygens (including phenoxy) is 1. The summed E-state index contributed by atoms with van der Waals surface area (Å²) in [5.41, 5.74) is 0.688. The zero-order chi connectivity index (χ0) is 22.0. The lowest BCUT2D eigenvalue weighted by Crippen LogP contribution is -2.33. The zero-order valence-electron chi connectivity index (χ0n) is 17.5. The minimum absolute atomic E-state index is 0.0618. The molecule has 2 heterocycles. The van der Waals surface area contributed by atoms with E-state index in [1.165, 1.54) is 12.1 Å². The maximum Gasteiger partial charge on any atom is 0.236 e. The molecule has 8 heteroatoms. The van der Waals surface area contributed by atoms with Crippen molar-refractivity contribution in [2.75, 3.05) is 24.6 Å². The molecule has 3 aromatic rings. The molecule has 0 atom stereocenters. The Morgan fingerprint density at radius 2 is 1.74 bits per heavy atom. The first kappa shape index (κ1) is 21.7. The summed E-state index contributed by atoms with van der Waals surface area (Å²) < 4.78 is 38.5. The number of benzene rings is 2. The van der Waals surface area contributed by atoms with Crippen molar-refractivity contribution in [2.24, 2.45) is 5.92 Å².